The highest BCUT2D eigenvalue weighted by molar-refractivity contribution is 8.00. The number of fused-ring (bicyclic) bond motifs is 2. The van der Waals surface area contributed by atoms with Gasteiger partial charge in [-0.25, -0.2) is 14.4 Å². The molecule has 0 saturated carbocycles. The number of nitrogens with one attached hydrogen (secondary N) is 7. The van der Waals surface area contributed by atoms with Crippen molar-refractivity contribution in [3.05, 3.63) is 35.4 Å². The number of benzene rings is 1. The monoisotopic (exact) mass is 1210 g/mol. The van der Waals surface area contributed by atoms with Gasteiger partial charge >= 0.3 is 18.0 Å². The zero-order valence-corrected chi connectivity index (χ0v) is 49.6. The first kappa shape index (κ1) is 66.4. The van der Waals surface area contributed by atoms with E-state index in [1.54, 1.807) is 0 Å². The number of hydrogen-bond donors (Lipinski definition) is 8. The molecule has 0 bridgehead atoms. The number of hydroxylamine groups is 2. The number of thioether (sulfide) groups is 2. The van der Waals surface area contributed by atoms with E-state index in [2.05, 4.69) is 47.0 Å². The average Bonchev–Trinajstić information content (AvgIpc) is 4.28. The van der Waals surface area contributed by atoms with Gasteiger partial charge in [0.05, 0.1) is 76.7 Å². The van der Waals surface area contributed by atoms with Crippen LogP contribution >= 0.6 is 23.5 Å². The lowest BCUT2D eigenvalue weighted by Gasteiger charge is -2.23. The molecule has 0 radical (unpaired) electrons. The summed E-state index contributed by atoms with van der Waals surface area (Å²) in [6.45, 7) is 5.38. The maximum atomic E-state index is 12.9. The van der Waals surface area contributed by atoms with Crippen molar-refractivity contribution in [1.29, 1.82) is 0 Å². The molecule has 460 valence electrons. The van der Waals surface area contributed by atoms with Crippen LogP contribution in [0.1, 0.15) is 144 Å². The van der Waals surface area contributed by atoms with E-state index >= 15 is 0 Å². The molecule has 27 heteroatoms. The van der Waals surface area contributed by atoms with Crippen molar-refractivity contribution in [2.75, 3.05) is 83.9 Å². The second-order valence-corrected chi connectivity index (χ2v) is 25.6. The summed E-state index contributed by atoms with van der Waals surface area (Å²) in [6.07, 6.45) is 16.1. The van der Waals surface area contributed by atoms with Crippen molar-refractivity contribution in [3.63, 3.8) is 0 Å². The van der Waals surface area contributed by atoms with E-state index in [9.17, 15) is 46.8 Å². The Balaban J connectivity index is 0.788. The lowest BCUT2D eigenvalue weighted by molar-refractivity contribution is -0.198. The third kappa shape index (κ3) is 23.7. The van der Waals surface area contributed by atoms with Crippen molar-refractivity contribution < 1.29 is 70.4 Å². The Morgan fingerprint density at radius 1 is 0.598 bits per heavy atom. The van der Waals surface area contributed by atoms with Crippen molar-refractivity contribution in [2.45, 2.75) is 175 Å². The normalized spacial score (nSPS) is 21.9. The number of nitrogens with zero attached hydrogens (tertiary/aromatic N) is 2. The molecule has 8 N–H and O–H groups in total. The van der Waals surface area contributed by atoms with Crippen LogP contribution in [-0.4, -0.2) is 194 Å². The zero-order valence-electron chi connectivity index (χ0n) is 47.2. The summed E-state index contributed by atoms with van der Waals surface area (Å²) in [7, 11) is -4.82. The van der Waals surface area contributed by atoms with Crippen LogP contribution in [0.3, 0.4) is 0 Å². The first-order valence-electron chi connectivity index (χ1n) is 29.4. The fourth-order valence-corrected chi connectivity index (χ4v) is 14.3. The number of rotatable bonds is 43. The summed E-state index contributed by atoms with van der Waals surface area (Å²) >= 11 is 3.81. The van der Waals surface area contributed by atoms with E-state index in [4.69, 9.17) is 18.8 Å². The van der Waals surface area contributed by atoms with Gasteiger partial charge in [-0.2, -0.15) is 31.9 Å². The second-order valence-electron chi connectivity index (χ2n) is 21.5. The fraction of sp³-hybridized carbons (Fsp3) is 0.745. The largest absolute Gasteiger partial charge is 0.378 e. The third-order valence-corrected chi connectivity index (χ3v) is 19.2. The topological polar surface area (TPSA) is 319 Å². The van der Waals surface area contributed by atoms with Crippen LogP contribution in [0, 0.1) is 0 Å². The van der Waals surface area contributed by atoms with E-state index in [-0.39, 0.29) is 105 Å². The Kier molecular flexibility index (Phi) is 29.3. The fourth-order valence-electron chi connectivity index (χ4n) is 10.5. The molecule has 0 aliphatic carbocycles. The number of carbonyl (C=O) groups is 8. The number of amides is 9. The van der Waals surface area contributed by atoms with Gasteiger partial charge < -0.3 is 56.3 Å². The first-order valence-corrected chi connectivity index (χ1v) is 33.0. The second kappa shape index (κ2) is 36.2. The summed E-state index contributed by atoms with van der Waals surface area (Å²) in [5.41, 5.74) is 1.68. The lowest BCUT2D eigenvalue weighted by Crippen LogP contribution is -2.36. The molecule has 1 aromatic carbocycles. The molecule has 24 nitrogen and oxygen atoms in total. The molecule has 5 saturated heterocycles. The molecule has 9 amide bonds. The molecule has 0 spiro atoms. The maximum Gasteiger partial charge on any atom is 0.335 e. The van der Waals surface area contributed by atoms with Crippen molar-refractivity contribution in [1.82, 2.24) is 47.2 Å². The van der Waals surface area contributed by atoms with E-state index in [0.29, 0.717) is 48.5 Å². The number of hydrogen-bond acceptors (Lipinski definition) is 17. The van der Waals surface area contributed by atoms with Crippen LogP contribution in [0.5, 0.6) is 0 Å². The molecular weight excluding hydrogens is 1120 g/mol. The van der Waals surface area contributed by atoms with Crippen LogP contribution in [-0.2, 0) is 59.7 Å². The van der Waals surface area contributed by atoms with Gasteiger partial charge in [0, 0.05) is 66.6 Å². The summed E-state index contributed by atoms with van der Waals surface area (Å²) in [4.78, 5) is 104. The molecule has 0 aromatic heterocycles. The molecule has 5 heterocycles. The summed E-state index contributed by atoms with van der Waals surface area (Å²) in [5.74, 6) is -1.48. The summed E-state index contributed by atoms with van der Waals surface area (Å²) in [6, 6.07) is 8.41. The quantitative estimate of drug-likeness (QED) is 0.0200. The van der Waals surface area contributed by atoms with Gasteiger partial charge in [0.1, 0.15) is 0 Å². The van der Waals surface area contributed by atoms with Gasteiger partial charge in [0.2, 0.25) is 11.8 Å². The van der Waals surface area contributed by atoms with Crippen molar-refractivity contribution in [2.24, 2.45) is 0 Å². The predicted octanol–water partition coefficient (Wildman–Crippen LogP) is 3.72. The predicted molar refractivity (Wildman–Crippen MR) is 309 cm³/mol. The van der Waals surface area contributed by atoms with Gasteiger partial charge in [0.25, 0.3) is 27.8 Å². The van der Waals surface area contributed by atoms with E-state index in [0.717, 1.165) is 139 Å². The van der Waals surface area contributed by atoms with Gasteiger partial charge in [-0.3, -0.25) is 33.4 Å². The number of imide groups is 1. The van der Waals surface area contributed by atoms with Crippen LogP contribution < -0.4 is 37.2 Å². The number of carbonyl (C=O) groups excluding carboxylic acids is 8. The number of ether oxygens (including phenoxy) is 3. The van der Waals surface area contributed by atoms with E-state index < -0.39 is 39.6 Å². The molecule has 5 fully saturated rings. The van der Waals surface area contributed by atoms with Gasteiger partial charge in [-0.05, 0) is 82.2 Å². The molecule has 5 aliphatic heterocycles. The zero-order chi connectivity index (χ0) is 58.5. The Labute approximate surface area is 490 Å². The molecule has 82 heavy (non-hydrogen) atoms. The molecule has 7 atom stereocenters. The molecule has 5 aliphatic rings. The van der Waals surface area contributed by atoms with Crippen LogP contribution in [0.15, 0.2) is 24.3 Å². The molecule has 6 rings (SSSR count). The molecule has 7 unspecified atom stereocenters. The van der Waals surface area contributed by atoms with Gasteiger partial charge in [0.15, 0.2) is 5.25 Å². The number of unbranched alkanes of at least 4 members (excludes halogenated alkanes) is 10. The Hall–Kier alpha value is -4.77. The Morgan fingerprint density at radius 3 is 1.62 bits per heavy atom. The number of urea groups is 2. The minimum Gasteiger partial charge on any atom is -0.378 e. The molecular formula is C55H87N9O15S3. The highest BCUT2D eigenvalue weighted by atomic mass is 32.2. The summed E-state index contributed by atoms with van der Waals surface area (Å²) in [5, 5.41) is 20.0. The van der Waals surface area contributed by atoms with E-state index in [1.807, 2.05) is 47.8 Å². The summed E-state index contributed by atoms with van der Waals surface area (Å²) < 4.78 is 47.9. The minimum atomic E-state index is -4.82. The average molecular weight is 1210 g/mol. The van der Waals surface area contributed by atoms with Gasteiger partial charge in [-0.15, -0.1) is 5.06 Å². The highest BCUT2D eigenvalue weighted by Crippen LogP contribution is 2.34. The minimum absolute atomic E-state index is 0.0413. The van der Waals surface area contributed by atoms with Crippen LogP contribution in [0.25, 0.3) is 0 Å². The third-order valence-electron chi connectivity index (χ3n) is 15.1. The van der Waals surface area contributed by atoms with Crippen LogP contribution in [0.4, 0.5) is 9.59 Å². The lowest BCUT2D eigenvalue weighted by atomic mass is 10.0. The van der Waals surface area contributed by atoms with Crippen molar-refractivity contribution >= 4 is 81.2 Å². The van der Waals surface area contributed by atoms with E-state index in [1.165, 1.54) is 0 Å². The Bertz CT molecular complexity index is 2270. The SMILES string of the molecule is O=C(CCCCC1SCC2NC(=O)NC21)NCCCCCCCN(CCCCCCCNC(=O)CCCCC1SCC2NC(=O)NC21)Cc1ccc(C(=O)NCCOCCOCCOCCC(=O)ON2C(=O)CC(S(=O)(=O)O)C2=O)cc1. The smallest absolute Gasteiger partial charge is 0.335 e. The van der Waals surface area contributed by atoms with Crippen molar-refractivity contribution in [3.8, 4) is 0 Å². The first-order chi connectivity index (χ1) is 39.6. The van der Waals surface area contributed by atoms with Gasteiger partial charge in [-0.1, -0.05) is 63.5 Å². The standard InChI is InChI=1S/C55H87N9O15S3/c65-46(17-9-7-15-43-50-41(37-80-43)59-54(71)61-50)56-24-11-3-1-5-13-27-63(28-14-6-2-4-12-25-57-47(66)18-10-8-16-44-51-42(38-81-44)60-55(72)62-51)36-39-19-21-40(22-20-39)52(69)58-26-30-77-32-34-78-33-31-76-29-23-49(68)79-64-48(67)35-45(53(64)70)82(73,74)75/h19-22,41-45,50-51H,1-18,23-38H2,(H,56,65)(H,57,66)(H,58,69)(H2,59,61,71)(H2,60,62,72)(H,73,74,75). The Morgan fingerprint density at radius 2 is 1.10 bits per heavy atom. The molecule has 1 aromatic rings. The van der Waals surface area contributed by atoms with Crippen LogP contribution in [0.2, 0.25) is 0 Å². The maximum absolute atomic E-state index is 12.9. The highest BCUT2D eigenvalue weighted by Gasteiger charge is 2.48.